The molecule has 0 fully saturated rings. The van der Waals surface area contributed by atoms with Gasteiger partial charge in [0.05, 0.1) is 5.69 Å². The van der Waals surface area contributed by atoms with Crippen LogP contribution in [0.25, 0.3) is 0 Å². The first-order valence-electron chi connectivity index (χ1n) is 6.80. The van der Waals surface area contributed by atoms with Gasteiger partial charge in [-0.25, -0.2) is 4.39 Å². The molecule has 0 bridgehead atoms. The standard InChI is InChI=1S/C17H17ClFNO2/c1-11-4-9-15(14(19)10-11)20-16(21)17(2,3)22-13-7-5-12(18)6-8-13/h4-10H,1-3H3,(H,20,21). The van der Waals surface area contributed by atoms with E-state index in [1.165, 1.54) is 12.1 Å². The molecule has 5 heteroatoms. The normalized spacial score (nSPS) is 11.1. The topological polar surface area (TPSA) is 38.3 Å². The van der Waals surface area contributed by atoms with Gasteiger partial charge in [0.15, 0.2) is 5.60 Å². The molecular weight excluding hydrogens is 305 g/mol. The molecule has 3 nitrogen and oxygen atoms in total. The van der Waals surface area contributed by atoms with Crippen LogP contribution in [0, 0.1) is 12.7 Å². The molecule has 0 atom stereocenters. The van der Waals surface area contributed by atoms with Crippen LogP contribution in [0.4, 0.5) is 10.1 Å². The number of benzene rings is 2. The van der Waals surface area contributed by atoms with Crippen LogP contribution in [0.15, 0.2) is 42.5 Å². The molecule has 0 aromatic heterocycles. The number of rotatable bonds is 4. The molecule has 116 valence electrons. The van der Waals surface area contributed by atoms with Gasteiger partial charge in [-0.15, -0.1) is 0 Å². The highest BCUT2D eigenvalue weighted by Gasteiger charge is 2.30. The summed E-state index contributed by atoms with van der Waals surface area (Å²) < 4.78 is 19.5. The minimum atomic E-state index is -1.16. The van der Waals surface area contributed by atoms with E-state index in [0.29, 0.717) is 10.8 Å². The Hall–Kier alpha value is -2.07. The van der Waals surface area contributed by atoms with Crippen LogP contribution in [0.3, 0.4) is 0 Å². The highest BCUT2D eigenvalue weighted by molar-refractivity contribution is 6.30. The maximum atomic E-state index is 13.8. The van der Waals surface area contributed by atoms with Crippen LogP contribution in [0.5, 0.6) is 5.75 Å². The third-order valence-electron chi connectivity index (χ3n) is 3.11. The molecule has 0 saturated carbocycles. The molecule has 1 amide bonds. The van der Waals surface area contributed by atoms with Crippen molar-refractivity contribution in [3.63, 3.8) is 0 Å². The summed E-state index contributed by atoms with van der Waals surface area (Å²) in [5.74, 6) is -0.408. The van der Waals surface area contributed by atoms with Crippen molar-refractivity contribution in [1.82, 2.24) is 0 Å². The third-order valence-corrected chi connectivity index (χ3v) is 3.36. The number of nitrogens with one attached hydrogen (secondary N) is 1. The van der Waals surface area contributed by atoms with Crippen LogP contribution in [-0.2, 0) is 4.79 Å². The van der Waals surface area contributed by atoms with E-state index in [1.54, 1.807) is 51.1 Å². The lowest BCUT2D eigenvalue weighted by Gasteiger charge is -2.25. The minimum Gasteiger partial charge on any atom is -0.478 e. The Morgan fingerprint density at radius 2 is 1.82 bits per heavy atom. The molecule has 0 unspecified atom stereocenters. The maximum absolute atomic E-state index is 13.8. The molecule has 2 rings (SSSR count). The zero-order valence-electron chi connectivity index (χ0n) is 12.6. The Labute approximate surface area is 134 Å². The van der Waals surface area contributed by atoms with Gasteiger partial charge in [-0.3, -0.25) is 4.79 Å². The number of aryl methyl sites for hydroxylation is 1. The molecule has 0 aliphatic heterocycles. The fourth-order valence-electron chi connectivity index (χ4n) is 1.84. The smallest absolute Gasteiger partial charge is 0.268 e. The monoisotopic (exact) mass is 321 g/mol. The van der Waals surface area contributed by atoms with Gasteiger partial charge in [0.1, 0.15) is 11.6 Å². The molecule has 0 aliphatic carbocycles. The summed E-state index contributed by atoms with van der Waals surface area (Å²) in [6.07, 6.45) is 0. The number of ether oxygens (including phenoxy) is 1. The lowest BCUT2D eigenvalue weighted by Crippen LogP contribution is -2.42. The quantitative estimate of drug-likeness (QED) is 0.895. The van der Waals surface area contributed by atoms with Crippen LogP contribution in [-0.4, -0.2) is 11.5 Å². The summed E-state index contributed by atoms with van der Waals surface area (Å²) in [6, 6.07) is 11.3. The van der Waals surface area contributed by atoms with Crippen molar-refractivity contribution in [1.29, 1.82) is 0 Å². The van der Waals surface area contributed by atoms with Gasteiger partial charge in [-0.05, 0) is 62.7 Å². The molecule has 2 aromatic carbocycles. The summed E-state index contributed by atoms with van der Waals surface area (Å²) in [7, 11) is 0. The number of carbonyl (C=O) groups is 1. The Bertz CT molecular complexity index is 684. The van der Waals surface area contributed by atoms with Gasteiger partial charge in [0.2, 0.25) is 0 Å². The lowest BCUT2D eigenvalue weighted by molar-refractivity contribution is -0.128. The molecule has 2 aromatic rings. The molecule has 0 spiro atoms. The number of hydrogen-bond acceptors (Lipinski definition) is 2. The van der Waals surface area contributed by atoms with E-state index in [4.69, 9.17) is 16.3 Å². The number of amides is 1. The second-order valence-electron chi connectivity index (χ2n) is 5.50. The average Bonchev–Trinajstić information content (AvgIpc) is 2.44. The van der Waals surface area contributed by atoms with E-state index in [1.807, 2.05) is 0 Å². The van der Waals surface area contributed by atoms with E-state index >= 15 is 0 Å². The fraction of sp³-hybridized carbons (Fsp3) is 0.235. The Kier molecular flexibility index (Phi) is 4.71. The molecular formula is C17H17ClFNO2. The molecule has 0 radical (unpaired) electrons. The molecule has 22 heavy (non-hydrogen) atoms. The summed E-state index contributed by atoms with van der Waals surface area (Å²) >= 11 is 5.81. The van der Waals surface area contributed by atoms with E-state index in [9.17, 15) is 9.18 Å². The third kappa shape index (κ3) is 3.98. The SMILES string of the molecule is Cc1ccc(NC(=O)C(C)(C)Oc2ccc(Cl)cc2)c(F)c1. The average molecular weight is 322 g/mol. The van der Waals surface area contributed by atoms with Crippen LogP contribution < -0.4 is 10.1 Å². The van der Waals surface area contributed by atoms with E-state index in [-0.39, 0.29) is 5.69 Å². The largest absolute Gasteiger partial charge is 0.478 e. The first-order chi connectivity index (χ1) is 10.3. The number of carbonyl (C=O) groups excluding carboxylic acids is 1. The first-order valence-corrected chi connectivity index (χ1v) is 7.18. The number of hydrogen-bond donors (Lipinski definition) is 1. The Balaban J connectivity index is 2.11. The van der Waals surface area contributed by atoms with Crippen LogP contribution in [0.2, 0.25) is 5.02 Å². The van der Waals surface area contributed by atoms with Crippen molar-refractivity contribution < 1.29 is 13.9 Å². The molecule has 0 saturated heterocycles. The van der Waals surface area contributed by atoms with E-state index in [2.05, 4.69) is 5.32 Å². The van der Waals surface area contributed by atoms with Crippen molar-refractivity contribution in [3.8, 4) is 5.75 Å². The second-order valence-corrected chi connectivity index (χ2v) is 5.94. The summed E-state index contributed by atoms with van der Waals surface area (Å²) in [5.41, 5.74) is -0.249. The fourth-order valence-corrected chi connectivity index (χ4v) is 1.96. The van der Waals surface area contributed by atoms with Crippen molar-refractivity contribution in [3.05, 3.63) is 58.9 Å². The van der Waals surface area contributed by atoms with Crippen molar-refractivity contribution in [2.24, 2.45) is 0 Å². The molecule has 0 aliphatic rings. The second kappa shape index (κ2) is 6.36. The molecule has 0 heterocycles. The van der Waals surface area contributed by atoms with E-state index in [0.717, 1.165) is 5.56 Å². The Morgan fingerprint density at radius 1 is 1.18 bits per heavy atom. The highest BCUT2D eigenvalue weighted by Crippen LogP contribution is 2.23. The zero-order valence-corrected chi connectivity index (χ0v) is 13.4. The van der Waals surface area contributed by atoms with Crippen molar-refractivity contribution >= 4 is 23.2 Å². The maximum Gasteiger partial charge on any atom is 0.268 e. The van der Waals surface area contributed by atoms with Gasteiger partial charge in [0.25, 0.3) is 5.91 Å². The lowest BCUT2D eigenvalue weighted by atomic mass is 10.1. The van der Waals surface area contributed by atoms with Gasteiger partial charge in [-0.1, -0.05) is 17.7 Å². The summed E-state index contributed by atoms with van der Waals surface area (Å²) in [4.78, 5) is 12.3. The number of halogens is 2. The predicted molar refractivity (Wildman–Crippen MR) is 85.9 cm³/mol. The minimum absolute atomic E-state index is 0.128. The van der Waals surface area contributed by atoms with Gasteiger partial charge in [0, 0.05) is 5.02 Å². The van der Waals surface area contributed by atoms with E-state index < -0.39 is 17.3 Å². The zero-order chi connectivity index (χ0) is 16.3. The summed E-state index contributed by atoms with van der Waals surface area (Å²) in [5, 5.41) is 3.12. The van der Waals surface area contributed by atoms with Crippen molar-refractivity contribution in [2.45, 2.75) is 26.4 Å². The van der Waals surface area contributed by atoms with Gasteiger partial charge >= 0.3 is 0 Å². The van der Waals surface area contributed by atoms with Gasteiger partial charge < -0.3 is 10.1 Å². The van der Waals surface area contributed by atoms with Crippen LogP contribution >= 0.6 is 11.6 Å². The Morgan fingerprint density at radius 3 is 2.41 bits per heavy atom. The van der Waals surface area contributed by atoms with Crippen LogP contribution in [0.1, 0.15) is 19.4 Å². The number of anilines is 1. The van der Waals surface area contributed by atoms with Crippen molar-refractivity contribution in [2.75, 3.05) is 5.32 Å². The highest BCUT2D eigenvalue weighted by atomic mass is 35.5. The van der Waals surface area contributed by atoms with Gasteiger partial charge in [-0.2, -0.15) is 0 Å². The first kappa shape index (κ1) is 16.3. The summed E-state index contributed by atoms with van der Waals surface area (Å²) in [6.45, 7) is 5.01. The molecule has 1 N–H and O–H groups in total. The predicted octanol–water partition coefficient (Wildman–Crippen LogP) is 4.58.